The average molecular weight is 285 g/mol. The molecule has 4 heteroatoms. The predicted octanol–water partition coefficient (Wildman–Crippen LogP) is 3.81. The van der Waals surface area contributed by atoms with Crippen molar-refractivity contribution in [3.8, 4) is 17.9 Å². The maximum Gasteiger partial charge on any atom is 0.116 e. The molecular weight excluding hydrogens is 274 g/mol. The largest absolute Gasteiger partial charge is 0.508 e. The van der Waals surface area contributed by atoms with Crippen molar-refractivity contribution < 1.29 is 5.11 Å². The van der Waals surface area contributed by atoms with Crippen molar-refractivity contribution in [2.24, 2.45) is 0 Å². The van der Waals surface area contributed by atoms with Crippen molar-refractivity contribution in [1.82, 2.24) is 4.98 Å². The lowest BCUT2D eigenvalue weighted by atomic mass is 10.0. The first-order valence-corrected chi connectivity index (χ1v) is 6.63. The Morgan fingerprint density at radius 2 is 2.00 bits per heavy atom. The molecule has 0 unspecified atom stereocenters. The summed E-state index contributed by atoms with van der Waals surface area (Å²) in [6.45, 7) is 0. The van der Waals surface area contributed by atoms with E-state index >= 15 is 0 Å². The van der Waals surface area contributed by atoms with Gasteiger partial charge in [0.25, 0.3) is 0 Å². The zero-order valence-electron chi connectivity index (χ0n) is 11.5. The highest BCUT2D eigenvalue weighted by atomic mass is 16.3. The van der Waals surface area contributed by atoms with E-state index < -0.39 is 0 Å². The molecule has 4 nitrogen and oxygen atoms in total. The van der Waals surface area contributed by atoms with Crippen molar-refractivity contribution in [3.63, 3.8) is 0 Å². The Bertz CT molecular complexity index is 968. The Morgan fingerprint density at radius 3 is 2.77 bits per heavy atom. The van der Waals surface area contributed by atoms with E-state index in [9.17, 15) is 10.4 Å². The van der Waals surface area contributed by atoms with Crippen LogP contribution in [-0.4, -0.2) is 10.1 Å². The molecule has 3 rings (SSSR count). The predicted molar refractivity (Wildman–Crippen MR) is 84.6 cm³/mol. The minimum Gasteiger partial charge on any atom is -0.508 e. The number of hydrogen-bond donors (Lipinski definition) is 2. The number of phenolic OH excluding ortho intramolecular Hbond substituents is 1. The number of phenols is 1. The SMILES string of the molecule is N#C/C(=C\c1cccc(C#N)c1)c1c[nH]c2ccc(O)cc12. The number of aromatic nitrogens is 1. The standard InChI is InChI=1S/C18H11N3O/c19-9-13-3-1-2-12(6-13)7-14(10-20)17-11-21-18-5-4-15(22)8-16(17)18/h1-8,11,21-22H/b14-7+. The number of benzene rings is 2. The summed E-state index contributed by atoms with van der Waals surface area (Å²) in [5.41, 5.74) is 3.36. The van der Waals surface area contributed by atoms with Gasteiger partial charge in [-0.05, 0) is 42.0 Å². The third-order valence-electron chi connectivity index (χ3n) is 3.40. The molecule has 1 aromatic heterocycles. The summed E-state index contributed by atoms with van der Waals surface area (Å²) in [5.74, 6) is 0.150. The van der Waals surface area contributed by atoms with Gasteiger partial charge in [-0.3, -0.25) is 0 Å². The molecule has 0 fully saturated rings. The van der Waals surface area contributed by atoms with E-state index in [2.05, 4.69) is 17.1 Å². The molecule has 3 aromatic rings. The second-order valence-corrected chi connectivity index (χ2v) is 4.84. The summed E-state index contributed by atoms with van der Waals surface area (Å²) >= 11 is 0. The molecule has 104 valence electrons. The summed E-state index contributed by atoms with van der Waals surface area (Å²) in [7, 11) is 0. The topological polar surface area (TPSA) is 83.6 Å². The van der Waals surface area contributed by atoms with E-state index in [4.69, 9.17) is 5.26 Å². The van der Waals surface area contributed by atoms with Crippen molar-refractivity contribution in [2.45, 2.75) is 0 Å². The number of fused-ring (bicyclic) bond motifs is 1. The van der Waals surface area contributed by atoms with Crippen LogP contribution in [0, 0.1) is 22.7 Å². The van der Waals surface area contributed by atoms with Crippen molar-refractivity contribution in [2.75, 3.05) is 0 Å². The maximum absolute atomic E-state index is 9.63. The van der Waals surface area contributed by atoms with Crippen LogP contribution in [-0.2, 0) is 0 Å². The molecule has 22 heavy (non-hydrogen) atoms. The van der Waals surface area contributed by atoms with Crippen LogP contribution >= 0.6 is 0 Å². The van der Waals surface area contributed by atoms with Gasteiger partial charge in [-0.2, -0.15) is 10.5 Å². The van der Waals surface area contributed by atoms with Crippen LogP contribution in [0.5, 0.6) is 5.75 Å². The first-order valence-electron chi connectivity index (χ1n) is 6.63. The zero-order chi connectivity index (χ0) is 15.5. The molecule has 0 bridgehead atoms. The highest BCUT2D eigenvalue weighted by molar-refractivity contribution is 6.01. The molecule has 0 amide bonds. The number of nitrogens with one attached hydrogen (secondary N) is 1. The van der Waals surface area contributed by atoms with Crippen molar-refractivity contribution in [3.05, 3.63) is 65.4 Å². The average Bonchev–Trinajstić information content (AvgIpc) is 2.95. The lowest BCUT2D eigenvalue weighted by Gasteiger charge is -2.00. The van der Waals surface area contributed by atoms with Gasteiger partial charge < -0.3 is 10.1 Å². The van der Waals surface area contributed by atoms with Gasteiger partial charge in [-0.25, -0.2) is 0 Å². The third kappa shape index (κ3) is 2.42. The fourth-order valence-corrected chi connectivity index (χ4v) is 2.37. The van der Waals surface area contributed by atoms with Gasteiger partial charge in [0.15, 0.2) is 0 Å². The molecule has 0 aliphatic carbocycles. The van der Waals surface area contributed by atoms with Crippen LogP contribution in [0.25, 0.3) is 22.6 Å². The number of hydrogen-bond acceptors (Lipinski definition) is 3. The number of H-pyrrole nitrogens is 1. The van der Waals surface area contributed by atoms with Gasteiger partial charge >= 0.3 is 0 Å². The molecular formula is C18H11N3O. The van der Waals surface area contributed by atoms with Gasteiger partial charge in [0, 0.05) is 22.7 Å². The summed E-state index contributed by atoms with van der Waals surface area (Å²) in [5, 5.41) is 28.8. The van der Waals surface area contributed by atoms with Crippen LogP contribution in [0.4, 0.5) is 0 Å². The Hall–Kier alpha value is -3.50. The molecule has 0 radical (unpaired) electrons. The number of rotatable bonds is 2. The number of aromatic amines is 1. The fourth-order valence-electron chi connectivity index (χ4n) is 2.37. The van der Waals surface area contributed by atoms with Gasteiger partial charge in [0.2, 0.25) is 0 Å². The molecule has 0 saturated heterocycles. The van der Waals surface area contributed by atoms with Gasteiger partial charge in [0.1, 0.15) is 5.75 Å². The molecule has 2 N–H and O–H groups in total. The molecule has 2 aromatic carbocycles. The number of aromatic hydroxyl groups is 1. The molecule has 0 atom stereocenters. The minimum absolute atomic E-state index is 0.150. The second kappa shape index (κ2) is 5.47. The van der Waals surface area contributed by atoms with E-state index in [0.717, 1.165) is 22.0 Å². The minimum atomic E-state index is 0.150. The summed E-state index contributed by atoms with van der Waals surface area (Å²) < 4.78 is 0. The van der Waals surface area contributed by atoms with Gasteiger partial charge in [-0.1, -0.05) is 12.1 Å². The molecule has 0 aliphatic rings. The van der Waals surface area contributed by atoms with E-state index in [1.807, 2.05) is 6.07 Å². The quantitative estimate of drug-likeness (QED) is 0.702. The zero-order valence-corrected chi connectivity index (χ0v) is 11.5. The number of nitrogens with zero attached hydrogens (tertiary/aromatic N) is 2. The molecule has 0 spiro atoms. The van der Waals surface area contributed by atoms with Gasteiger partial charge in [-0.15, -0.1) is 0 Å². The highest BCUT2D eigenvalue weighted by Gasteiger charge is 2.09. The molecule has 0 saturated carbocycles. The lowest BCUT2D eigenvalue weighted by molar-refractivity contribution is 0.476. The fraction of sp³-hybridized carbons (Fsp3) is 0. The van der Waals surface area contributed by atoms with Crippen LogP contribution in [0.15, 0.2) is 48.7 Å². The summed E-state index contributed by atoms with van der Waals surface area (Å²) in [6, 6.07) is 16.3. The molecule has 0 aliphatic heterocycles. The normalized spacial score (nSPS) is 11.1. The summed E-state index contributed by atoms with van der Waals surface area (Å²) in [6.07, 6.45) is 3.47. The van der Waals surface area contributed by atoms with E-state index in [0.29, 0.717) is 11.1 Å². The maximum atomic E-state index is 9.63. The van der Waals surface area contributed by atoms with Crippen LogP contribution in [0.2, 0.25) is 0 Å². The second-order valence-electron chi connectivity index (χ2n) is 4.84. The Balaban J connectivity index is 2.14. The summed E-state index contributed by atoms with van der Waals surface area (Å²) in [4.78, 5) is 3.08. The van der Waals surface area contributed by atoms with Crippen molar-refractivity contribution >= 4 is 22.6 Å². The Morgan fingerprint density at radius 1 is 1.14 bits per heavy atom. The van der Waals surface area contributed by atoms with E-state index in [1.54, 1.807) is 48.7 Å². The Labute approximate surface area is 127 Å². The monoisotopic (exact) mass is 285 g/mol. The van der Waals surface area contributed by atoms with Crippen LogP contribution in [0.1, 0.15) is 16.7 Å². The van der Waals surface area contributed by atoms with Crippen LogP contribution in [0.3, 0.4) is 0 Å². The number of nitriles is 2. The van der Waals surface area contributed by atoms with E-state index in [1.165, 1.54) is 0 Å². The van der Waals surface area contributed by atoms with Gasteiger partial charge in [0.05, 0.1) is 23.3 Å². The number of allylic oxidation sites excluding steroid dienone is 1. The first-order chi connectivity index (χ1) is 10.7. The lowest BCUT2D eigenvalue weighted by Crippen LogP contribution is -1.82. The smallest absolute Gasteiger partial charge is 0.116 e. The van der Waals surface area contributed by atoms with E-state index in [-0.39, 0.29) is 5.75 Å². The highest BCUT2D eigenvalue weighted by Crippen LogP contribution is 2.29. The van der Waals surface area contributed by atoms with Crippen molar-refractivity contribution in [1.29, 1.82) is 10.5 Å². The molecule has 1 heterocycles. The first kappa shape index (κ1) is 13.5. The van der Waals surface area contributed by atoms with Crippen LogP contribution < -0.4 is 0 Å². The third-order valence-corrected chi connectivity index (χ3v) is 3.40. The Kier molecular flexibility index (Phi) is 3.35.